The number of pyridine rings is 1. The fourth-order valence-electron chi connectivity index (χ4n) is 2.70. The van der Waals surface area contributed by atoms with E-state index in [0.717, 1.165) is 49.3 Å². The Balaban J connectivity index is 1.74. The summed E-state index contributed by atoms with van der Waals surface area (Å²) in [6.07, 6.45) is 1.73. The molecule has 0 spiro atoms. The summed E-state index contributed by atoms with van der Waals surface area (Å²) in [6.45, 7) is 7.24. The molecule has 0 N–H and O–H groups in total. The zero-order chi connectivity index (χ0) is 15.5. The summed E-state index contributed by atoms with van der Waals surface area (Å²) in [5.41, 5.74) is 2.60. The fourth-order valence-corrected chi connectivity index (χ4v) is 2.70. The third-order valence-electron chi connectivity index (χ3n) is 3.74. The van der Waals surface area contributed by atoms with E-state index in [1.807, 2.05) is 26.0 Å². The Morgan fingerprint density at radius 1 is 1.05 bits per heavy atom. The molecule has 1 saturated heterocycles. The average Bonchev–Trinajstić information content (AvgIpc) is 2.54. The smallest absolute Gasteiger partial charge is 0.225 e. The molecule has 6 heteroatoms. The number of nitrogens with zero attached hydrogens (tertiary/aromatic N) is 6. The summed E-state index contributed by atoms with van der Waals surface area (Å²) in [7, 11) is 0. The quantitative estimate of drug-likeness (QED) is 0.839. The van der Waals surface area contributed by atoms with E-state index in [-0.39, 0.29) is 0 Å². The highest BCUT2D eigenvalue weighted by atomic mass is 15.3. The number of aryl methyl sites for hydroxylation is 2. The van der Waals surface area contributed by atoms with Gasteiger partial charge in [-0.2, -0.15) is 5.26 Å². The number of piperazine rings is 1. The summed E-state index contributed by atoms with van der Waals surface area (Å²) in [5, 5.41) is 9.19. The predicted octanol–water partition coefficient (Wildman–Crippen LogP) is 1.69. The number of hydrogen-bond acceptors (Lipinski definition) is 6. The molecular weight excluding hydrogens is 276 g/mol. The summed E-state index contributed by atoms with van der Waals surface area (Å²) in [4.78, 5) is 17.7. The normalized spacial score (nSPS) is 14.8. The molecule has 0 unspecified atom stereocenters. The van der Waals surface area contributed by atoms with Crippen LogP contribution in [0, 0.1) is 25.2 Å². The Morgan fingerprint density at radius 3 is 2.32 bits per heavy atom. The van der Waals surface area contributed by atoms with Crippen molar-refractivity contribution in [3.63, 3.8) is 0 Å². The zero-order valence-corrected chi connectivity index (χ0v) is 12.8. The molecule has 0 amide bonds. The summed E-state index contributed by atoms with van der Waals surface area (Å²) < 4.78 is 0. The standard InChI is InChI=1S/C16H18N6/c1-12-10-13(2)20-16(19-12)22-8-6-21(7-9-22)15-14(11-17)4-3-5-18-15/h3-5,10H,6-9H2,1-2H3. The Bertz CT molecular complexity index is 693. The van der Waals surface area contributed by atoms with Gasteiger partial charge < -0.3 is 9.80 Å². The third-order valence-corrected chi connectivity index (χ3v) is 3.74. The maximum absolute atomic E-state index is 9.19. The van der Waals surface area contributed by atoms with Crippen LogP contribution in [0.25, 0.3) is 0 Å². The van der Waals surface area contributed by atoms with Gasteiger partial charge in [0.05, 0.1) is 5.56 Å². The lowest BCUT2D eigenvalue weighted by Crippen LogP contribution is -2.47. The lowest BCUT2D eigenvalue weighted by atomic mass is 10.2. The number of anilines is 2. The molecule has 3 rings (SSSR count). The van der Waals surface area contributed by atoms with Gasteiger partial charge in [-0.05, 0) is 32.0 Å². The molecule has 0 aromatic carbocycles. The predicted molar refractivity (Wildman–Crippen MR) is 84.9 cm³/mol. The molecule has 2 aromatic rings. The summed E-state index contributed by atoms with van der Waals surface area (Å²) in [5.74, 6) is 1.56. The summed E-state index contributed by atoms with van der Waals surface area (Å²) >= 11 is 0. The molecular formula is C16H18N6. The van der Waals surface area contributed by atoms with Gasteiger partial charge in [-0.3, -0.25) is 0 Å². The van der Waals surface area contributed by atoms with E-state index in [1.54, 1.807) is 12.3 Å². The van der Waals surface area contributed by atoms with Gasteiger partial charge >= 0.3 is 0 Å². The van der Waals surface area contributed by atoms with Crippen LogP contribution in [-0.2, 0) is 0 Å². The van der Waals surface area contributed by atoms with E-state index >= 15 is 0 Å². The molecule has 0 saturated carbocycles. The van der Waals surface area contributed by atoms with Crippen LogP contribution in [0.3, 0.4) is 0 Å². The first-order valence-electron chi connectivity index (χ1n) is 7.34. The molecule has 112 valence electrons. The molecule has 0 atom stereocenters. The van der Waals surface area contributed by atoms with Crippen molar-refractivity contribution in [2.75, 3.05) is 36.0 Å². The largest absolute Gasteiger partial charge is 0.352 e. The Kier molecular flexibility index (Phi) is 3.88. The van der Waals surface area contributed by atoms with Crippen molar-refractivity contribution in [3.05, 3.63) is 41.3 Å². The minimum absolute atomic E-state index is 0.624. The maximum atomic E-state index is 9.19. The van der Waals surface area contributed by atoms with E-state index < -0.39 is 0 Å². The van der Waals surface area contributed by atoms with Crippen LogP contribution in [0.1, 0.15) is 17.0 Å². The molecule has 3 heterocycles. The zero-order valence-electron chi connectivity index (χ0n) is 12.8. The molecule has 2 aromatic heterocycles. The van der Waals surface area contributed by atoms with Crippen LogP contribution in [0.15, 0.2) is 24.4 Å². The van der Waals surface area contributed by atoms with Crippen molar-refractivity contribution in [2.24, 2.45) is 0 Å². The average molecular weight is 294 g/mol. The van der Waals surface area contributed by atoms with Crippen LogP contribution < -0.4 is 9.80 Å². The lowest BCUT2D eigenvalue weighted by Gasteiger charge is -2.35. The van der Waals surface area contributed by atoms with Crippen molar-refractivity contribution < 1.29 is 0 Å². The highest BCUT2D eigenvalue weighted by Gasteiger charge is 2.21. The van der Waals surface area contributed by atoms with E-state index in [2.05, 4.69) is 30.8 Å². The van der Waals surface area contributed by atoms with Gasteiger partial charge in [-0.15, -0.1) is 0 Å². The molecule has 1 aliphatic heterocycles. The van der Waals surface area contributed by atoms with Crippen molar-refractivity contribution in [1.82, 2.24) is 15.0 Å². The number of aromatic nitrogens is 3. The van der Waals surface area contributed by atoms with Gasteiger partial charge in [0.1, 0.15) is 11.9 Å². The Hall–Kier alpha value is -2.68. The highest BCUT2D eigenvalue weighted by Crippen LogP contribution is 2.20. The Labute approximate surface area is 130 Å². The number of nitriles is 1. The van der Waals surface area contributed by atoms with Gasteiger partial charge in [0, 0.05) is 43.8 Å². The first-order valence-corrected chi connectivity index (χ1v) is 7.34. The van der Waals surface area contributed by atoms with Gasteiger partial charge in [0.25, 0.3) is 0 Å². The maximum Gasteiger partial charge on any atom is 0.225 e. The van der Waals surface area contributed by atoms with Crippen LogP contribution in [0.4, 0.5) is 11.8 Å². The van der Waals surface area contributed by atoms with Gasteiger partial charge in [0.15, 0.2) is 0 Å². The van der Waals surface area contributed by atoms with Crippen molar-refractivity contribution >= 4 is 11.8 Å². The van der Waals surface area contributed by atoms with E-state index in [9.17, 15) is 5.26 Å². The molecule has 1 fully saturated rings. The van der Waals surface area contributed by atoms with Crippen molar-refractivity contribution in [2.45, 2.75) is 13.8 Å². The van der Waals surface area contributed by atoms with Gasteiger partial charge in [-0.1, -0.05) is 0 Å². The van der Waals surface area contributed by atoms with Crippen LogP contribution in [0.5, 0.6) is 0 Å². The highest BCUT2D eigenvalue weighted by molar-refractivity contribution is 5.54. The topological polar surface area (TPSA) is 68.9 Å². The van der Waals surface area contributed by atoms with E-state index in [0.29, 0.717) is 5.56 Å². The molecule has 0 bridgehead atoms. The van der Waals surface area contributed by atoms with Crippen molar-refractivity contribution in [3.8, 4) is 6.07 Å². The van der Waals surface area contributed by atoms with Crippen LogP contribution >= 0.6 is 0 Å². The van der Waals surface area contributed by atoms with Gasteiger partial charge in [-0.25, -0.2) is 15.0 Å². The number of rotatable bonds is 2. The second kappa shape index (κ2) is 5.98. The first kappa shape index (κ1) is 14.3. The molecule has 22 heavy (non-hydrogen) atoms. The Morgan fingerprint density at radius 2 is 1.68 bits per heavy atom. The SMILES string of the molecule is Cc1cc(C)nc(N2CCN(c3ncccc3C#N)CC2)n1. The van der Waals surface area contributed by atoms with Crippen LogP contribution in [0.2, 0.25) is 0 Å². The minimum Gasteiger partial charge on any atom is -0.352 e. The van der Waals surface area contributed by atoms with E-state index in [1.165, 1.54) is 0 Å². The molecule has 1 aliphatic rings. The van der Waals surface area contributed by atoms with Gasteiger partial charge in [0.2, 0.25) is 5.95 Å². The molecule has 0 aliphatic carbocycles. The minimum atomic E-state index is 0.624. The monoisotopic (exact) mass is 294 g/mol. The van der Waals surface area contributed by atoms with E-state index in [4.69, 9.17) is 0 Å². The fraction of sp³-hybridized carbons (Fsp3) is 0.375. The summed E-state index contributed by atoms with van der Waals surface area (Å²) in [6, 6.07) is 7.79. The second-order valence-corrected chi connectivity index (χ2v) is 5.41. The molecule has 0 radical (unpaired) electrons. The second-order valence-electron chi connectivity index (χ2n) is 5.41. The van der Waals surface area contributed by atoms with Crippen LogP contribution in [-0.4, -0.2) is 41.1 Å². The first-order chi connectivity index (χ1) is 10.7. The van der Waals surface area contributed by atoms with Crippen molar-refractivity contribution in [1.29, 1.82) is 5.26 Å². The molecule has 6 nitrogen and oxygen atoms in total. The number of hydrogen-bond donors (Lipinski definition) is 0. The lowest BCUT2D eigenvalue weighted by molar-refractivity contribution is 0.632. The third kappa shape index (κ3) is 2.84.